The van der Waals surface area contributed by atoms with Gasteiger partial charge >= 0.3 is 0 Å². The molecule has 1 atom stereocenters. The molecule has 1 aliphatic heterocycles. The molecule has 2 aromatic carbocycles. The molecule has 1 N–H and O–H groups in total. The maximum absolute atomic E-state index is 14.6. The van der Waals surface area contributed by atoms with Gasteiger partial charge in [0.25, 0.3) is 0 Å². The first-order chi connectivity index (χ1) is 13.9. The van der Waals surface area contributed by atoms with Crippen LogP contribution >= 0.6 is 11.6 Å². The summed E-state index contributed by atoms with van der Waals surface area (Å²) in [7, 11) is 4.20. The first kappa shape index (κ1) is 20.3. The van der Waals surface area contributed by atoms with Crippen LogP contribution in [0.3, 0.4) is 0 Å². The van der Waals surface area contributed by atoms with Crippen LogP contribution in [0.2, 0.25) is 5.02 Å². The first-order valence-corrected chi connectivity index (χ1v) is 11.1. The van der Waals surface area contributed by atoms with Crippen LogP contribution in [0, 0.1) is 5.82 Å². The average molecular weight is 413 g/mol. The molecule has 2 aromatic rings. The van der Waals surface area contributed by atoms with Crippen molar-refractivity contribution in [3.63, 3.8) is 0 Å². The maximum atomic E-state index is 14.6. The van der Waals surface area contributed by atoms with Crippen molar-refractivity contribution < 1.29 is 4.39 Å². The van der Waals surface area contributed by atoms with Crippen LogP contribution in [0.4, 0.5) is 10.1 Å². The zero-order chi connectivity index (χ0) is 20.6. The zero-order valence-corrected chi connectivity index (χ0v) is 18.3. The third-order valence-electron chi connectivity index (χ3n) is 6.58. The summed E-state index contributed by atoms with van der Waals surface area (Å²) in [4.78, 5) is 2.19. The second-order valence-electron chi connectivity index (χ2n) is 8.71. The molecule has 1 heterocycles. The zero-order valence-electron chi connectivity index (χ0n) is 17.6. The van der Waals surface area contributed by atoms with Gasteiger partial charge in [0.1, 0.15) is 5.82 Å². The molecule has 2 aliphatic rings. The van der Waals surface area contributed by atoms with Gasteiger partial charge in [-0.15, -0.1) is 0 Å². The summed E-state index contributed by atoms with van der Waals surface area (Å²) < 4.78 is 14.6. The molecule has 0 saturated heterocycles. The number of halogens is 2. The van der Waals surface area contributed by atoms with Gasteiger partial charge in [0.2, 0.25) is 0 Å². The molecule has 1 fully saturated rings. The van der Waals surface area contributed by atoms with Crippen LogP contribution in [0.15, 0.2) is 42.5 Å². The van der Waals surface area contributed by atoms with E-state index in [2.05, 4.69) is 55.5 Å². The van der Waals surface area contributed by atoms with E-state index in [1.54, 1.807) is 12.1 Å². The van der Waals surface area contributed by atoms with Crippen molar-refractivity contribution in [3.05, 3.63) is 70.0 Å². The van der Waals surface area contributed by atoms with Crippen LogP contribution in [0.25, 0.3) is 5.70 Å². The lowest BCUT2D eigenvalue weighted by atomic mass is 9.69. The molecule has 1 saturated carbocycles. The van der Waals surface area contributed by atoms with Gasteiger partial charge in [-0.2, -0.15) is 0 Å². The summed E-state index contributed by atoms with van der Waals surface area (Å²) in [6, 6.07) is 11.6. The van der Waals surface area contributed by atoms with E-state index in [1.165, 1.54) is 48.6 Å². The van der Waals surface area contributed by atoms with Crippen LogP contribution in [-0.2, 0) is 5.41 Å². The van der Waals surface area contributed by atoms with Crippen molar-refractivity contribution in [3.8, 4) is 0 Å². The third-order valence-corrected chi connectivity index (χ3v) is 6.82. The molecule has 0 aromatic heterocycles. The number of nitrogens with one attached hydrogen (secondary N) is 1. The molecule has 1 spiro atoms. The maximum Gasteiger partial charge on any atom is 0.128 e. The quantitative estimate of drug-likeness (QED) is 0.573. The van der Waals surface area contributed by atoms with Gasteiger partial charge in [0.05, 0.1) is 6.04 Å². The number of hydrogen-bond acceptors (Lipinski definition) is 2. The van der Waals surface area contributed by atoms with E-state index >= 15 is 0 Å². The fourth-order valence-corrected chi connectivity index (χ4v) is 5.43. The fraction of sp³-hybridized carbons (Fsp3) is 0.440. The highest BCUT2D eigenvalue weighted by atomic mass is 35.5. The Labute approximate surface area is 178 Å². The monoisotopic (exact) mass is 412 g/mol. The molecule has 154 valence electrons. The summed E-state index contributed by atoms with van der Waals surface area (Å²) >= 11 is 6.20. The van der Waals surface area contributed by atoms with Crippen molar-refractivity contribution in [2.45, 2.75) is 56.9 Å². The molecule has 1 unspecified atom stereocenters. The highest BCUT2D eigenvalue weighted by Gasteiger charge is 2.43. The van der Waals surface area contributed by atoms with Gasteiger partial charge < -0.3 is 10.2 Å². The second-order valence-corrected chi connectivity index (χ2v) is 9.14. The number of anilines is 1. The number of hydrogen-bond donors (Lipinski definition) is 1. The smallest absolute Gasteiger partial charge is 0.128 e. The Morgan fingerprint density at radius 3 is 2.66 bits per heavy atom. The predicted octanol–water partition coefficient (Wildman–Crippen LogP) is 7.16. The Morgan fingerprint density at radius 1 is 1.21 bits per heavy atom. The first-order valence-electron chi connectivity index (χ1n) is 10.7. The van der Waals surface area contributed by atoms with Crippen molar-refractivity contribution in [2.75, 3.05) is 19.4 Å². The Bertz CT molecular complexity index is 928. The van der Waals surface area contributed by atoms with E-state index in [-0.39, 0.29) is 17.3 Å². The van der Waals surface area contributed by atoms with Crippen molar-refractivity contribution >= 4 is 23.0 Å². The van der Waals surface area contributed by atoms with Gasteiger partial charge in [0.15, 0.2) is 0 Å². The third kappa shape index (κ3) is 3.77. The topological polar surface area (TPSA) is 15.3 Å². The largest absolute Gasteiger partial charge is 0.378 e. The van der Waals surface area contributed by atoms with Crippen LogP contribution in [-0.4, -0.2) is 19.0 Å². The van der Waals surface area contributed by atoms with Gasteiger partial charge in [-0.3, -0.25) is 0 Å². The molecular weight excluding hydrogens is 383 g/mol. The minimum atomic E-state index is -0.180. The summed E-state index contributed by atoms with van der Waals surface area (Å²) in [5, 5.41) is 4.22. The molecule has 4 rings (SSSR count). The Morgan fingerprint density at radius 2 is 1.97 bits per heavy atom. The standard InChI is InChI=1S/C25H30ClFN2/c1-4-7-24(29(2)3)17-8-11-22-20(14-17)25(12-5-6-13-25)16-23(28-22)19-15-18(26)9-10-21(19)27/h7-11,14-15,23,28H,4-6,12-13,16H2,1-3H3. The van der Waals surface area contributed by atoms with E-state index in [0.717, 1.165) is 18.5 Å². The number of nitrogens with zero attached hydrogens (tertiary/aromatic N) is 1. The number of rotatable bonds is 4. The Hall–Kier alpha value is -2.00. The second kappa shape index (κ2) is 8.02. The molecular formula is C25H30ClFN2. The van der Waals surface area contributed by atoms with E-state index in [4.69, 9.17) is 11.6 Å². The van der Waals surface area contributed by atoms with E-state index in [1.807, 2.05) is 0 Å². The van der Waals surface area contributed by atoms with Crippen molar-refractivity contribution in [1.29, 1.82) is 0 Å². The lowest BCUT2D eigenvalue weighted by Gasteiger charge is -2.42. The minimum Gasteiger partial charge on any atom is -0.378 e. The summed E-state index contributed by atoms with van der Waals surface area (Å²) in [6.07, 6.45) is 9.00. The minimum absolute atomic E-state index is 0.0512. The summed E-state index contributed by atoms with van der Waals surface area (Å²) in [5.74, 6) is -0.180. The lowest BCUT2D eigenvalue weighted by Crippen LogP contribution is -2.34. The molecule has 2 nitrogen and oxygen atoms in total. The average Bonchev–Trinajstić information content (AvgIpc) is 3.16. The molecule has 0 radical (unpaired) electrons. The summed E-state index contributed by atoms with van der Waals surface area (Å²) in [5.41, 5.74) is 5.84. The molecule has 0 bridgehead atoms. The normalized spacial score (nSPS) is 20.4. The van der Waals surface area contributed by atoms with Crippen molar-refractivity contribution in [1.82, 2.24) is 4.90 Å². The number of allylic oxidation sites excluding steroid dienone is 1. The molecule has 4 heteroatoms. The number of benzene rings is 2. The predicted molar refractivity (Wildman–Crippen MR) is 121 cm³/mol. The highest BCUT2D eigenvalue weighted by molar-refractivity contribution is 6.30. The Kier molecular flexibility index (Phi) is 5.61. The van der Waals surface area contributed by atoms with E-state index in [0.29, 0.717) is 10.6 Å². The van der Waals surface area contributed by atoms with E-state index < -0.39 is 0 Å². The highest BCUT2D eigenvalue weighted by Crippen LogP contribution is 2.53. The fourth-order valence-electron chi connectivity index (χ4n) is 5.25. The van der Waals surface area contributed by atoms with Gasteiger partial charge in [-0.25, -0.2) is 4.39 Å². The summed E-state index contributed by atoms with van der Waals surface area (Å²) in [6.45, 7) is 2.17. The van der Waals surface area contributed by atoms with Gasteiger partial charge in [-0.1, -0.05) is 43.5 Å². The number of fused-ring (bicyclic) bond motifs is 2. The van der Waals surface area contributed by atoms with Crippen molar-refractivity contribution in [2.24, 2.45) is 0 Å². The van der Waals surface area contributed by atoms with E-state index in [9.17, 15) is 4.39 Å². The Balaban J connectivity index is 1.79. The molecule has 0 amide bonds. The lowest BCUT2D eigenvalue weighted by molar-refractivity contribution is 0.362. The SMILES string of the molecule is CCC=C(c1ccc2c(c1)C1(CCCC1)CC(c1cc(Cl)ccc1F)N2)N(C)C. The van der Waals surface area contributed by atoms with Gasteiger partial charge in [-0.05, 0) is 72.6 Å². The van der Waals surface area contributed by atoms with Crippen LogP contribution in [0.1, 0.15) is 68.2 Å². The van der Waals surface area contributed by atoms with Crippen LogP contribution < -0.4 is 5.32 Å². The molecule has 1 aliphatic carbocycles. The molecule has 29 heavy (non-hydrogen) atoms. The van der Waals surface area contributed by atoms with Crippen LogP contribution in [0.5, 0.6) is 0 Å². The van der Waals surface area contributed by atoms with Gasteiger partial charge in [0, 0.05) is 36.1 Å².